The first-order valence-electron chi connectivity index (χ1n) is 7.78. The Bertz CT molecular complexity index is 543. The molecule has 1 amide bonds. The maximum absolute atomic E-state index is 12.1. The molecule has 1 aliphatic carbocycles. The van der Waals surface area contributed by atoms with Gasteiger partial charge in [0.05, 0.1) is 5.92 Å². The second kappa shape index (κ2) is 5.58. The van der Waals surface area contributed by atoms with E-state index in [1.807, 2.05) is 12.4 Å². The molecule has 1 aromatic heterocycles. The second-order valence-corrected chi connectivity index (χ2v) is 6.50. The number of ketones is 1. The SMILES string of the molecule is CC(=O)C1C(=O)NC(C)C2CC(c3ccncc3)CCC12. The summed E-state index contributed by atoms with van der Waals surface area (Å²) in [6.07, 6.45) is 6.73. The molecule has 0 spiro atoms. The van der Waals surface area contributed by atoms with Crippen LogP contribution >= 0.6 is 0 Å². The van der Waals surface area contributed by atoms with E-state index in [4.69, 9.17) is 0 Å². The minimum Gasteiger partial charge on any atom is -0.353 e. The molecule has 1 N–H and O–H groups in total. The third kappa shape index (κ3) is 2.59. The highest BCUT2D eigenvalue weighted by molar-refractivity contribution is 6.01. The molecule has 2 fully saturated rings. The number of fused-ring (bicyclic) bond motifs is 1. The highest BCUT2D eigenvalue weighted by Gasteiger charge is 2.47. The van der Waals surface area contributed by atoms with E-state index in [0.717, 1.165) is 19.3 Å². The Morgan fingerprint density at radius 2 is 1.95 bits per heavy atom. The number of aromatic nitrogens is 1. The van der Waals surface area contributed by atoms with Crippen molar-refractivity contribution in [3.8, 4) is 0 Å². The van der Waals surface area contributed by atoms with Crippen molar-refractivity contribution in [1.29, 1.82) is 0 Å². The molecule has 112 valence electrons. The number of piperidine rings is 1. The van der Waals surface area contributed by atoms with Gasteiger partial charge < -0.3 is 5.32 Å². The zero-order chi connectivity index (χ0) is 15.0. The Hall–Kier alpha value is -1.71. The predicted molar refractivity (Wildman–Crippen MR) is 79.6 cm³/mol. The van der Waals surface area contributed by atoms with Gasteiger partial charge in [-0.25, -0.2) is 0 Å². The normalized spacial score (nSPS) is 35.7. The molecule has 5 unspecified atom stereocenters. The van der Waals surface area contributed by atoms with Gasteiger partial charge in [-0.1, -0.05) is 0 Å². The van der Waals surface area contributed by atoms with Gasteiger partial charge in [0.2, 0.25) is 5.91 Å². The standard InChI is InChI=1S/C17H22N2O2/c1-10-15-9-13(12-5-7-18-8-6-12)3-4-14(15)16(11(2)20)17(21)19-10/h5-8,10,13-16H,3-4,9H2,1-2H3,(H,19,21). The quantitative estimate of drug-likeness (QED) is 0.849. The largest absolute Gasteiger partial charge is 0.353 e. The van der Waals surface area contributed by atoms with Gasteiger partial charge in [-0.15, -0.1) is 0 Å². The fourth-order valence-electron chi connectivity index (χ4n) is 4.26. The van der Waals surface area contributed by atoms with Crippen LogP contribution in [0.25, 0.3) is 0 Å². The van der Waals surface area contributed by atoms with Gasteiger partial charge in [0.15, 0.2) is 0 Å². The number of Topliss-reactive ketones (excluding diaryl/α,β-unsaturated/α-hetero) is 1. The van der Waals surface area contributed by atoms with Crippen LogP contribution in [0.15, 0.2) is 24.5 Å². The van der Waals surface area contributed by atoms with Crippen LogP contribution in [0, 0.1) is 17.8 Å². The summed E-state index contributed by atoms with van der Waals surface area (Å²) < 4.78 is 0. The zero-order valence-electron chi connectivity index (χ0n) is 12.6. The van der Waals surface area contributed by atoms with Gasteiger partial charge in [-0.05, 0) is 68.6 Å². The minimum atomic E-state index is -0.440. The third-order valence-electron chi connectivity index (χ3n) is 5.29. The first-order chi connectivity index (χ1) is 10.1. The third-order valence-corrected chi connectivity index (χ3v) is 5.29. The number of amides is 1. The van der Waals surface area contributed by atoms with Crippen LogP contribution in [0.3, 0.4) is 0 Å². The number of pyridine rings is 1. The monoisotopic (exact) mass is 286 g/mol. The van der Waals surface area contributed by atoms with Crippen molar-refractivity contribution in [2.75, 3.05) is 0 Å². The van der Waals surface area contributed by atoms with E-state index in [1.165, 1.54) is 5.56 Å². The summed E-state index contributed by atoms with van der Waals surface area (Å²) in [5.41, 5.74) is 1.33. The highest BCUT2D eigenvalue weighted by atomic mass is 16.2. The molecule has 21 heavy (non-hydrogen) atoms. The molecular weight excluding hydrogens is 264 g/mol. The van der Waals surface area contributed by atoms with E-state index in [-0.39, 0.29) is 23.7 Å². The number of nitrogens with zero attached hydrogens (tertiary/aromatic N) is 1. The number of carbonyl (C=O) groups is 2. The lowest BCUT2D eigenvalue weighted by molar-refractivity contribution is -0.142. The van der Waals surface area contributed by atoms with E-state index >= 15 is 0 Å². The molecule has 3 rings (SSSR count). The van der Waals surface area contributed by atoms with Gasteiger partial charge in [0.1, 0.15) is 5.78 Å². The topological polar surface area (TPSA) is 59.1 Å². The minimum absolute atomic E-state index is 0.0109. The average molecular weight is 286 g/mol. The number of hydrogen-bond donors (Lipinski definition) is 1. The van der Waals surface area contributed by atoms with Crippen LogP contribution in [0.4, 0.5) is 0 Å². The first-order valence-corrected chi connectivity index (χ1v) is 7.78. The Kier molecular flexibility index (Phi) is 3.79. The smallest absolute Gasteiger partial charge is 0.231 e. The van der Waals surface area contributed by atoms with E-state index in [0.29, 0.717) is 11.8 Å². The Labute approximate surface area is 125 Å². The van der Waals surface area contributed by atoms with E-state index in [9.17, 15) is 9.59 Å². The summed E-state index contributed by atoms with van der Waals surface area (Å²) in [5, 5.41) is 3.01. The predicted octanol–water partition coefficient (Wildman–Crippen LogP) is 2.30. The summed E-state index contributed by atoms with van der Waals surface area (Å²) in [5.74, 6) is 0.618. The van der Waals surface area contributed by atoms with E-state index in [2.05, 4.69) is 29.4 Å². The van der Waals surface area contributed by atoms with Gasteiger partial charge in [0.25, 0.3) is 0 Å². The van der Waals surface area contributed by atoms with Crippen LogP contribution < -0.4 is 5.32 Å². The van der Waals surface area contributed by atoms with Crippen molar-refractivity contribution >= 4 is 11.7 Å². The maximum Gasteiger partial charge on any atom is 0.231 e. The molecule has 4 heteroatoms. The molecule has 0 aromatic carbocycles. The van der Waals surface area contributed by atoms with Crippen LogP contribution in [0.5, 0.6) is 0 Å². The highest BCUT2D eigenvalue weighted by Crippen LogP contribution is 2.46. The van der Waals surface area contributed by atoms with Gasteiger partial charge in [0, 0.05) is 18.4 Å². The van der Waals surface area contributed by atoms with Gasteiger partial charge >= 0.3 is 0 Å². The molecule has 1 saturated heterocycles. The molecule has 0 bridgehead atoms. The molecule has 2 heterocycles. The molecular formula is C17H22N2O2. The molecule has 1 aromatic rings. The lowest BCUT2D eigenvalue weighted by Crippen LogP contribution is -2.56. The zero-order valence-corrected chi connectivity index (χ0v) is 12.6. The molecule has 5 atom stereocenters. The Morgan fingerprint density at radius 1 is 1.24 bits per heavy atom. The summed E-state index contributed by atoms with van der Waals surface area (Å²) in [6.45, 7) is 3.62. The second-order valence-electron chi connectivity index (χ2n) is 6.50. The molecule has 2 aliphatic rings. The van der Waals surface area contributed by atoms with E-state index in [1.54, 1.807) is 6.92 Å². The van der Waals surface area contributed by atoms with Crippen molar-refractivity contribution < 1.29 is 9.59 Å². The van der Waals surface area contributed by atoms with Crippen LogP contribution in [-0.4, -0.2) is 22.7 Å². The number of nitrogens with one attached hydrogen (secondary N) is 1. The van der Waals surface area contributed by atoms with Crippen molar-refractivity contribution in [1.82, 2.24) is 10.3 Å². The number of hydrogen-bond acceptors (Lipinski definition) is 3. The van der Waals surface area contributed by atoms with E-state index < -0.39 is 5.92 Å². The molecule has 4 nitrogen and oxygen atoms in total. The van der Waals surface area contributed by atoms with Crippen LogP contribution in [-0.2, 0) is 9.59 Å². The number of carbonyl (C=O) groups excluding carboxylic acids is 2. The first kappa shape index (κ1) is 14.2. The van der Waals surface area contributed by atoms with Crippen molar-refractivity contribution in [3.05, 3.63) is 30.1 Å². The molecule has 1 saturated carbocycles. The summed E-state index contributed by atoms with van der Waals surface area (Å²) in [6, 6.07) is 4.32. The Balaban J connectivity index is 1.82. The summed E-state index contributed by atoms with van der Waals surface area (Å²) in [7, 11) is 0. The number of rotatable bonds is 2. The molecule has 0 radical (unpaired) electrons. The Morgan fingerprint density at radius 3 is 2.62 bits per heavy atom. The summed E-state index contributed by atoms with van der Waals surface area (Å²) in [4.78, 5) is 28.0. The average Bonchev–Trinajstić information content (AvgIpc) is 2.47. The van der Waals surface area contributed by atoms with Crippen molar-refractivity contribution in [3.63, 3.8) is 0 Å². The van der Waals surface area contributed by atoms with Crippen LogP contribution in [0.1, 0.15) is 44.6 Å². The molecule has 1 aliphatic heterocycles. The van der Waals surface area contributed by atoms with Gasteiger partial charge in [-0.3, -0.25) is 14.6 Å². The summed E-state index contributed by atoms with van der Waals surface area (Å²) >= 11 is 0. The van der Waals surface area contributed by atoms with Crippen LogP contribution in [0.2, 0.25) is 0 Å². The lowest BCUT2D eigenvalue weighted by Gasteiger charge is -2.46. The lowest BCUT2D eigenvalue weighted by atomic mass is 9.62. The fourth-order valence-corrected chi connectivity index (χ4v) is 4.26. The van der Waals surface area contributed by atoms with Crippen molar-refractivity contribution in [2.45, 2.75) is 45.1 Å². The maximum atomic E-state index is 12.1. The van der Waals surface area contributed by atoms with Gasteiger partial charge in [-0.2, -0.15) is 0 Å². The fraction of sp³-hybridized carbons (Fsp3) is 0.588. The van der Waals surface area contributed by atoms with Crippen molar-refractivity contribution in [2.24, 2.45) is 17.8 Å².